The van der Waals surface area contributed by atoms with Crippen molar-refractivity contribution in [2.24, 2.45) is 0 Å². The van der Waals surface area contributed by atoms with Crippen LogP contribution in [0.1, 0.15) is 17.7 Å². The van der Waals surface area contributed by atoms with Crippen molar-refractivity contribution in [2.45, 2.75) is 13.0 Å². The molecule has 1 aromatic carbocycles. The summed E-state index contributed by atoms with van der Waals surface area (Å²) < 4.78 is 28.6. The van der Waals surface area contributed by atoms with Gasteiger partial charge in [-0.15, -0.1) is 0 Å². The summed E-state index contributed by atoms with van der Waals surface area (Å²) in [5.74, 6) is 0.864. The van der Waals surface area contributed by atoms with Crippen LogP contribution in [0.25, 0.3) is 28.2 Å². The number of pyridine rings is 2. The molecule has 1 aliphatic rings. The number of nitriles is 1. The molecule has 0 unspecified atom stereocenters. The SMILES string of the molecule is N#Cc1cccc(-n2c(-c3cc(-c4cnc5c(c4)CCN5)ccn3)cn(C(F)F)c2=O)c1. The van der Waals surface area contributed by atoms with Crippen molar-refractivity contribution in [1.82, 2.24) is 19.1 Å². The third kappa shape index (κ3) is 3.32. The standard InChI is InChI=1S/C23H16F2N6O/c24-22(25)30-13-20(31(23(30)32)18-3-1-2-14(8-18)11-26)19-10-15(4-6-27-19)17-9-16-5-7-28-21(16)29-12-17/h1-4,6,8-10,12-13,22H,5,7H2,(H,28,29). The summed E-state index contributed by atoms with van der Waals surface area (Å²) in [6.07, 6.45) is 5.27. The maximum atomic E-state index is 13.5. The van der Waals surface area contributed by atoms with E-state index in [0.29, 0.717) is 21.5 Å². The number of benzene rings is 1. The minimum atomic E-state index is -3.02. The average molecular weight is 430 g/mol. The summed E-state index contributed by atoms with van der Waals surface area (Å²) in [6, 6.07) is 13.8. The van der Waals surface area contributed by atoms with Crippen LogP contribution in [0.3, 0.4) is 0 Å². The largest absolute Gasteiger partial charge is 0.370 e. The summed E-state index contributed by atoms with van der Waals surface area (Å²) in [5, 5.41) is 12.4. The van der Waals surface area contributed by atoms with Gasteiger partial charge in [-0.05, 0) is 53.9 Å². The number of imidazole rings is 1. The lowest BCUT2D eigenvalue weighted by Gasteiger charge is -2.09. The average Bonchev–Trinajstić information content (AvgIpc) is 3.43. The molecule has 0 spiro atoms. The molecule has 4 aromatic rings. The van der Waals surface area contributed by atoms with E-state index in [1.54, 1.807) is 42.7 Å². The number of halogens is 2. The maximum Gasteiger partial charge on any atom is 0.337 e. The Labute approximate surface area is 181 Å². The van der Waals surface area contributed by atoms with Crippen LogP contribution in [0.2, 0.25) is 0 Å². The molecular weight excluding hydrogens is 414 g/mol. The van der Waals surface area contributed by atoms with E-state index in [9.17, 15) is 18.8 Å². The van der Waals surface area contributed by atoms with E-state index in [1.807, 2.05) is 12.1 Å². The first-order chi connectivity index (χ1) is 15.5. The van der Waals surface area contributed by atoms with E-state index in [4.69, 9.17) is 0 Å². The zero-order valence-electron chi connectivity index (χ0n) is 16.7. The normalized spacial score (nSPS) is 12.4. The number of aromatic nitrogens is 4. The first kappa shape index (κ1) is 19.6. The zero-order chi connectivity index (χ0) is 22.2. The Morgan fingerprint density at radius 3 is 2.81 bits per heavy atom. The maximum absolute atomic E-state index is 13.5. The highest BCUT2D eigenvalue weighted by Crippen LogP contribution is 2.29. The van der Waals surface area contributed by atoms with Crippen LogP contribution in [0.15, 0.2) is 65.8 Å². The van der Waals surface area contributed by atoms with Gasteiger partial charge >= 0.3 is 12.2 Å². The molecule has 0 atom stereocenters. The second-order valence-electron chi connectivity index (χ2n) is 7.32. The Morgan fingerprint density at radius 1 is 1.12 bits per heavy atom. The van der Waals surface area contributed by atoms with Gasteiger partial charge in [0, 0.05) is 30.7 Å². The number of rotatable bonds is 4. The predicted molar refractivity (Wildman–Crippen MR) is 115 cm³/mol. The Balaban J connectivity index is 1.67. The number of nitrogens with zero attached hydrogens (tertiary/aromatic N) is 5. The van der Waals surface area contributed by atoms with Crippen LogP contribution >= 0.6 is 0 Å². The van der Waals surface area contributed by atoms with Crippen LogP contribution in [0.5, 0.6) is 0 Å². The first-order valence-corrected chi connectivity index (χ1v) is 9.87. The molecular formula is C23H16F2N6O. The number of hydrogen-bond donors (Lipinski definition) is 1. The van der Waals surface area contributed by atoms with E-state index >= 15 is 0 Å². The molecule has 5 rings (SSSR count). The number of hydrogen-bond acceptors (Lipinski definition) is 5. The van der Waals surface area contributed by atoms with Crippen LogP contribution in [-0.2, 0) is 6.42 Å². The summed E-state index contributed by atoms with van der Waals surface area (Å²) in [4.78, 5) is 21.6. The molecule has 3 aromatic heterocycles. The molecule has 0 aliphatic carbocycles. The lowest BCUT2D eigenvalue weighted by atomic mass is 10.0. The molecule has 1 N–H and O–H groups in total. The van der Waals surface area contributed by atoms with Gasteiger partial charge in [-0.25, -0.2) is 14.3 Å². The van der Waals surface area contributed by atoms with Crippen molar-refractivity contribution in [3.05, 3.63) is 82.7 Å². The van der Waals surface area contributed by atoms with E-state index in [-0.39, 0.29) is 5.69 Å². The molecule has 32 heavy (non-hydrogen) atoms. The number of alkyl halides is 2. The molecule has 9 heteroatoms. The molecule has 0 radical (unpaired) electrons. The molecule has 4 heterocycles. The van der Waals surface area contributed by atoms with Crippen molar-refractivity contribution >= 4 is 5.82 Å². The fraction of sp³-hybridized carbons (Fsp3) is 0.130. The molecule has 1 aliphatic heterocycles. The van der Waals surface area contributed by atoms with Crippen LogP contribution in [0.4, 0.5) is 14.6 Å². The molecule has 0 fully saturated rings. The lowest BCUT2D eigenvalue weighted by molar-refractivity contribution is 0.0663. The van der Waals surface area contributed by atoms with Crippen molar-refractivity contribution in [2.75, 3.05) is 11.9 Å². The van der Waals surface area contributed by atoms with Crippen LogP contribution in [-0.4, -0.2) is 25.6 Å². The molecule has 7 nitrogen and oxygen atoms in total. The van der Waals surface area contributed by atoms with E-state index in [1.165, 1.54) is 6.07 Å². The topological polar surface area (TPSA) is 88.5 Å². The minimum Gasteiger partial charge on any atom is -0.370 e. The summed E-state index contributed by atoms with van der Waals surface area (Å²) in [5.41, 5.74) is 3.02. The highest BCUT2D eigenvalue weighted by atomic mass is 19.3. The van der Waals surface area contributed by atoms with Crippen molar-refractivity contribution in [3.8, 4) is 34.3 Å². The Kier molecular flexibility index (Phi) is 4.75. The van der Waals surface area contributed by atoms with Gasteiger partial charge in [0.15, 0.2) is 0 Å². The molecule has 0 amide bonds. The minimum absolute atomic E-state index is 0.197. The van der Waals surface area contributed by atoms with Crippen molar-refractivity contribution < 1.29 is 8.78 Å². The van der Waals surface area contributed by atoms with Gasteiger partial charge in [-0.1, -0.05) is 6.07 Å². The summed E-state index contributed by atoms with van der Waals surface area (Å²) in [6.45, 7) is -2.18. The molecule has 158 valence electrons. The quantitative estimate of drug-likeness (QED) is 0.529. The molecule has 0 saturated carbocycles. The number of anilines is 1. The van der Waals surface area contributed by atoms with Gasteiger partial charge in [0.05, 0.1) is 28.7 Å². The van der Waals surface area contributed by atoms with Gasteiger partial charge in [0.25, 0.3) is 0 Å². The highest BCUT2D eigenvalue weighted by Gasteiger charge is 2.21. The summed E-state index contributed by atoms with van der Waals surface area (Å²) >= 11 is 0. The van der Waals surface area contributed by atoms with E-state index < -0.39 is 12.2 Å². The first-order valence-electron chi connectivity index (χ1n) is 9.87. The third-order valence-electron chi connectivity index (χ3n) is 5.37. The third-order valence-corrected chi connectivity index (χ3v) is 5.37. The van der Waals surface area contributed by atoms with Gasteiger partial charge in [0.2, 0.25) is 0 Å². The van der Waals surface area contributed by atoms with Crippen molar-refractivity contribution in [3.63, 3.8) is 0 Å². The number of nitrogens with one attached hydrogen (secondary N) is 1. The van der Waals surface area contributed by atoms with E-state index in [0.717, 1.165) is 46.2 Å². The highest BCUT2D eigenvalue weighted by molar-refractivity contribution is 5.71. The monoisotopic (exact) mass is 430 g/mol. The summed E-state index contributed by atoms with van der Waals surface area (Å²) in [7, 11) is 0. The predicted octanol–water partition coefficient (Wildman–Crippen LogP) is 4.00. The molecule has 0 bridgehead atoms. The second-order valence-corrected chi connectivity index (χ2v) is 7.32. The van der Waals surface area contributed by atoms with Gasteiger partial charge in [-0.3, -0.25) is 9.55 Å². The van der Waals surface area contributed by atoms with Gasteiger partial charge in [0.1, 0.15) is 5.82 Å². The second kappa shape index (κ2) is 7.74. The lowest BCUT2D eigenvalue weighted by Crippen LogP contribution is -2.24. The molecule has 0 saturated heterocycles. The smallest absolute Gasteiger partial charge is 0.337 e. The Hall–Kier alpha value is -4.32. The fourth-order valence-electron chi connectivity index (χ4n) is 3.83. The van der Waals surface area contributed by atoms with Crippen LogP contribution < -0.4 is 11.0 Å². The van der Waals surface area contributed by atoms with Crippen LogP contribution in [0, 0.1) is 11.3 Å². The Morgan fingerprint density at radius 2 is 2.00 bits per heavy atom. The Bertz CT molecular complexity index is 1430. The number of fused-ring (bicyclic) bond motifs is 1. The van der Waals surface area contributed by atoms with Gasteiger partial charge < -0.3 is 5.32 Å². The van der Waals surface area contributed by atoms with E-state index in [2.05, 4.69) is 15.3 Å². The van der Waals surface area contributed by atoms with Gasteiger partial charge in [-0.2, -0.15) is 14.0 Å². The zero-order valence-corrected chi connectivity index (χ0v) is 16.7. The fourth-order valence-corrected chi connectivity index (χ4v) is 3.83. The van der Waals surface area contributed by atoms with Crippen molar-refractivity contribution in [1.29, 1.82) is 5.26 Å².